The molecular formula is C12H17BrN2O3S. The molecule has 19 heavy (non-hydrogen) atoms. The highest BCUT2D eigenvalue weighted by Crippen LogP contribution is 2.21. The molecule has 2 amide bonds. The highest BCUT2D eigenvalue weighted by molar-refractivity contribution is 9.11. The van der Waals surface area contributed by atoms with Gasteiger partial charge in [-0.15, -0.1) is 11.3 Å². The van der Waals surface area contributed by atoms with Crippen LogP contribution in [0.5, 0.6) is 0 Å². The average Bonchev–Trinajstić information content (AvgIpc) is 2.79. The van der Waals surface area contributed by atoms with Crippen molar-refractivity contribution in [3.05, 3.63) is 20.8 Å². The lowest BCUT2D eigenvalue weighted by atomic mass is 10.1. The Balaban J connectivity index is 2.29. The quantitative estimate of drug-likeness (QED) is 0.726. The summed E-state index contributed by atoms with van der Waals surface area (Å²) in [6.45, 7) is 3.83. The number of rotatable bonds is 6. The van der Waals surface area contributed by atoms with E-state index in [1.54, 1.807) is 12.1 Å². The van der Waals surface area contributed by atoms with Gasteiger partial charge in [0.1, 0.15) is 0 Å². The van der Waals surface area contributed by atoms with Crippen molar-refractivity contribution in [3.8, 4) is 0 Å². The topological polar surface area (TPSA) is 78.4 Å². The third-order valence-corrected chi connectivity index (χ3v) is 4.11. The van der Waals surface area contributed by atoms with Crippen molar-refractivity contribution in [1.82, 2.24) is 10.6 Å². The van der Waals surface area contributed by atoms with Crippen molar-refractivity contribution in [2.75, 3.05) is 13.1 Å². The van der Waals surface area contributed by atoms with Gasteiger partial charge in [-0.3, -0.25) is 9.59 Å². The minimum atomic E-state index is -0.576. The first-order valence-corrected chi connectivity index (χ1v) is 7.49. The fraction of sp³-hybridized carbons (Fsp3) is 0.500. The van der Waals surface area contributed by atoms with E-state index in [0.29, 0.717) is 4.88 Å². The van der Waals surface area contributed by atoms with Crippen molar-refractivity contribution < 1.29 is 14.7 Å². The second-order valence-corrected chi connectivity index (χ2v) is 6.86. The largest absolute Gasteiger partial charge is 0.391 e. The molecule has 0 bridgehead atoms. The van der Waals surface area contributed by atoms with Crippen LogP contribution < -0.4 is 10.6 Å². The lowest BCUT2D eigenvalue weighted by Crippen LogP contribution is -2.41. The maximum absolute atomic E-state index is 11.7. The van der Waals surface area contributed by atoms with E-state index in [1.165, 1.54) is 11.3 Å². The van der Waals surface area contributed by atoms with Crippen LogP contribution in [0, 0.1) is 5.92 Å². The highest BCUT2D eigenvalue weighted by Gasteiger charge is 2.12. The summed E-state index contributed by atoms with van der Waals surface area (Å²) in [5, 5.41) is 14.6. The van der Waals surface area contributed by atoms with E-state index in [0.717, 1.165) is 3.79 Å². The standard InChI is InChI=1S/C12H17BrN2O3S/c1-7(2)8(16)5-14-11(17)6-15-12(18)9-3-4-10(13)19-9/h3-4,7-8,16H,5-6H2,1-2H3,(H,14,17)(H,15,18). The Kier molecular flexibility index (Phi) is 6.47. The molecule has 3 N–H and O–H groups in total. The monoisotopic (exact) mass is 348 g/mol. The van der Waals surface area contributed by atoms with Crippen LogP contribution in [0.15, 0.2) is 15.9 Å². The van der Waals surface area contributed by atoms with Crippen LogP contribution in [0.2, 0.25) is 0 Å². The molecule has 1 rings (SSSR count). The van der Waals surface area contributed by atoms with Crippen molar-refractivity contribution in [3.63, 3.8) is 0 Å². The van der Waals surface area contributed by atoms with Gasteiger partial charge in [0, 0.05) is 6.54 Å². The zero-order valence-corrected chi connectivity index (χ0v) is 13.2. The fourth-order valence-corrected chi connectivity index (χ4v) is 2.50. The van der Waals surface area contributed by atoms with E-state index in [9.17, 15) is 14.7 Å². The van der Waals surface area contributed by atoms with Crippen LogP contribution in [-0.4, -0.2) is 36.1 Å². The predicted octanol–water partition coefficient (Wildman–Crippen LogP) is 1.37. The van der Waals surface area contributed by atoms with E-state index < -0.39 is 6.10 Å². The summed E-state index contributed by atoms with van der Waals surface area (Å²) in [5.41, 5.74) is 0. The second-order valence-electron chi connectivity index (χ2n) is 4.40. The number of hydrogen-bond acceptors (Lipinski definition) is 4. The summed E-state index contributed by atoms with van der Waals surface area (Å²) in [6.07, 6.45) is -0.576. The maximum Gasteiger partial charge on any atom is 0.261 e. The SMILES string of the molecule is CC(C)C(O)CNC(=O)CNC(=O)c1ccc(Br)s1. The molecule has 5 nitrogen and oxygen atoms in total. The Morgan fingerprint density at radius 1 is 1.37 bits per heavy atom. The van der Waals surface area contributed by atoms with Crippen LogP contribution in [0.1, 0.15) is 23.5 Å². The van der Waals surface area contributed by atoms with Gasteiger partial charge in [-0.05, 0) is 34.0 Å². The molecule has 0 aromatic carbocycles. The first kappa shape index (κ1) is 16.1. The van der Waals surface area contributed by atoms with Gasteiger partial charge in [0.15, 0.2) is 0 Å². The Morgan fingerprint density at radius 3 is 2.58 bits per heavy atom. The van der Waals surface area contributed by atoms with Crippen molar-refractivity contribution >= 4 is 39.1 Å². The molecule has 0 aliphatic heterocycles. The first-order valence-electron chi connectivity index (χ1n) is 5.88. The molecule has 0 spiro atoms. The third kappa shape index (κ3) is 5.71. The Morgan fingerprint density at radius 2 is 2.05 bits per heavy atom. The Bertz CT molecular complexity index is 448. The molecule has 7 heteroatoms. The zero-order chi connectivity index (χ0) is 14.4. The van der Waals surface area contributed by atoms with Gasteiger partial charge in [-0.1, -0.05) is 13.8 Å². The molecule has 0 saturated carbocycles. The number of aliphatic hydroxyl groups excluding tert-OH is 1. The van der Waals surface area contributed by atoms with Crippen LogP contribution in [0.25, 0.3) is 0 Å². The summed E-state index contributed by atoms with van der Waals surface area (Å²) < 4.78 is 0.863. The molecule has 0 aliphatic carbocycles. The Hall–Kier alpha value is -0.920. The molecule has 1 atom stereocenters. The molecule has 1 unspecified atom stereocenters. The number of halogens is 1. The summed E-state index contributed by atoms with van der Waals surface area (Å²) in [6, 6.07) is 3.46. The summed E-state index contributed by atoms with van der Waals surface area (Å²) in [4.78, 5) is 23.7. The fourth-order valence-electron chi connectivity index (χ4n) is 1.20. The van der Waals surface area contributed by atoms with Crippen LogP contribution in [0.4, 0.5) is 0 Å². The van der Waals surface area contributed by atoms with Gasteiger partial charge in [0.05, 0.1) is 21.3 Å². The number of carbonyl (C=O) groups excluding carboxylic acids is 2. The summed E-state index contributed by atoms with van der Waals surface area (Å²) in [5.74, 6) is -0.516. The van der Waals surface area contributed by atoms with Crippen molar-refractivity contribution in [2.24, 2.45) is 5.92 Å². The van der Waals surface area contributed by atoms with Crippen LogP contribution >= 0.6 is 27.3 Å². The van der Waals surface area contributed by atoms with E-state index in [-0.39, 0.29) is 30.8 Å². The minimum absolute atomic E-state index is 0.0818. The third-order valence-electron chi connectivity index (χ3n) is 2.48. The predicted molar refractivity (Wildman–Crippen MR) is 78.2 cm³/mol. The van der Waals surface area contributed by atoms with E-state index in [4.69, 9.17) is 0 Å². The smallest absolute Gasteiger partial charge is 0.261 e. The average molecular weight is 349 g/mol. The molecule has 0 fully saturated rings. The Labute approximate surface area is 124 Å². The van der Waals surface area contributed by atoms with Crippen LogP contribution in [0.3, 0.4) is 0 Å². The van der Waals surface area contributed by atoms with Gasteiger partial charge in [-0.2, -0.15) is 0 Å². The van der Waals surface area contributed by atoms with Gasteiger partial charge in [0.2, 0.25) is 5.91 Å². The molecule has 0 saturated heterocycles. The van der Waals surface area contributed by atoms with Gasteiger partial charge in [-0.25, -0.2) is 0 Å². The number of amides is 2. The minimum Gasteiger partial charge on any atom is -0.391 e. The summed E-state index contributed by atoms with van der Waals surface area (Å²) in [7, 11) is 0. The lowest BCUT2D eigenvalue weighted by molar-refractivity contribution is -0.120. The number of carbonyl (C=O) groups is 2. The van der Waals surface area contributed by atoms with Crippen LogP contribution in [-0.2, 0) is 4.79 Å². The molecule has 1 aromatic heterocycles. The summed E-state index contributed by atoms with van der Waals surface area (Å²) >= 11 is 4.57. The van der Waals surface area contributed by atoms with Gasteiger partial charge < -0.3 is 15.7 Å². The molecule has 0 radical (unpaired) electrons. The van der Waals surface area contributed by atoms with Crippen molar-refractivity contribution in [1.29, 1.82) is 0 Å². The number of nitrogens with one attached hydrogen (secondary N) is 2. The van der Waals surface area contributed by atoms with Gasteiger partial charge >= 0.3 is 0 Å². The lowest BCUT2D eigenvalue weighted by Gasteiger charge is -2.15. The molecule has 1 heterocycles. The number of thiophene rings is 1. The normalized spacial score (nSPS) is 12.3. The molecule has 1 aromatic rings. The first-order chi connectivity index (χ1) is 8.90. The number of aliphatic hydroxyl groups is 1. The zero-order valence-electron chi connectivity index (χ0n) is 10.8. The molecule has 106 valence electrons. The van der Waals surface area contributed by atoms with E-state index >= 15 is 0 Å². The van der Waals surface area contributed by atoms with Crippen molar-refractivity contribution in [2.45, 2.75) is 20.0 Å². The number of hydrogen-bond donors (Lipinski definition) is 3. The molecule has 0 aliphatic rings. The van der Waals surface area contributed by atoms with E-state index in [1.807, 2.05) is 13.8 Å². The van der Waals surface area contributed by atoms with Gasteiger partial charge in [0.25, 0.3) is 5.91 Å². The molecular weight excluding hydrogens is 332 g/mol. The maximum atomic E-state index is 11.7. The highest BCUT2D eigenvalue weighted by atomic mass is 79.9. The second kappa shape index (κ2) is 7.62. The van der Waals surface area contributed by atoms with E-state index in [2.05, 4.69) is 26.6 Å².